The van der Waals surface area contributed by atoms with Crippen LogP contribution in [-0.4, -0.2) is 50.0 Å². The van der Waals surface area contributed by atoms with E-state index in [1.165, 1.54) is 0 Å². The molecule has 22 heavy (non-hydrogen) atoms. The molecule has 1 rings (SSSR count). The van der Waals surface area contributed by atoms with Crippen LogP contribution in [-0.2, 0) is 9.47 Å². The Balaban J connectivity index is 2.80. The molecule has 0 bridgehead atoms. The second-order valence-corrected chi connectivity index (χ2v) is 4.62. The van der Waals surface area contributed by atoms with Gasteiger partial charge in [-0.2, -0.15) is 0 Å². The third kappa shape index (κ3) is 5.31. The van der Waals surface area contributed by atoms with Crippen LogP contribution in [0.2, 0.25) is 0 Å². The molecule has 0 aliphatic rings. The Morgan fingerprint density at radius 1 is 1.05 bits per heavy atom. The van der Waals surface area contributed by atoms with E-state index in [4.69, 9.17) is 14.2 Å². The summed E-state index contributed by atoms with van der Waals surface area (Å²) < 4.78 is 16.7. The third-order valence-corrected chi connectivity index (χ3v) is 3.25. The molecular weight excluding hydrogens is 282 g/mol. The van der Waals surface area contributed by atoms with Gasteiger partial charge in [-0.25, -0.2) is 0 Å². The highest BCUT2D eigenvalue weighted by molar-refractivity contribution is 5.96. The predicted molar refractivity (Wildman–Crippen MR) is 86.2 cm³/mol. The minimum Gasteiger partial charge on any atom is -0.487 e. The van der Waals surface area contributed by atoms with Gasteiger partial charge in [0.15, 0.2) is 6.29 Å². The summed E-state index contributed by atoms with van der Waals surface area (Å²) >= 11 is 0. The molecular formula is C17H27NO4. The van der Waals surface area contributed by atoms with Crippen molar-refractivity contribution in [1.29, 1.82) is 0 Å². The van der Waals surface area contributed by atoms with E-state index in [9.17, 15) is 4.79 Å². The molecule has 0 radical (unpaired) electrons. The van der Waals surface area contributed by atoms with E-state index in [0.717, 1.165) is 0 Å². The fourth-order valence-corrected chi connectivity index (χ4v) is 2.12. The Morgan fingerprint density at radius 3 is 2.18 bits per heavy atom. The van der Waals surface area contributed by atoms with Gasteiger partial charge in [0.25, 0.3) is 5.91 Å². The van der Waals surface area contributed by atoms with Crippen LogP contribution in [0.3, 0.4) is 0 Å². The van der Waals surface area contributed by atoms with Crippen molar-refractivity contribution in [3.05, 3.63) is 29.8 Å². The minimum atomic E-state index is -0.424. The van der Waals surface area contributed by atoms with Gasteiger partial charge in [-0.15, -0.1) is 0 Å². The largest absolute Gasteiger partial charge is 0.487 e. The molecule has 0 spiro atoms. The van der Waals surface area contributed by atoms with Crippen LogP contribution >= 0.6 is 0 Å². The average Bonchev–Trinajstić information content (AvgIpc) is 2.54. The maximum Gasteiger partial charge on any atom is 0.257 e. The molecule has 0 aromatic heterocycles. The number of ether oxygens (including phenoxy) is 3. The van der Waals surface area contributed by atoms with Crippen LogP contribution in [0, 0.1) is 0 Å². The molecule has 0 aliphatic carbocycles. The first-order valence-electron chi connectivity index (χ1n) is 7.92. The number of nitrogens with zero attached hydrogens (tertiary/aromatic N) is 1. The summed E-state index contributed by atoms with van der Waals surface area (Å²) in [6, 6.07) is 7.27. The second-order valence-electron chi connectivity index (χ2n) is 4.62. The first kappa shape index (κ1) is 18.5. The SMILES string of the molecule is CCOC(COc1ccccc1C(=O)N(CC)CC)OCC. The number of hydrogen-bond acceptors (Lipinski definition) is 4. The normalized spacial score (nSPS) is 10.8. The molecule has 0 heterocycles. The lowest BCUT2D eigenvalue weighted by Crippen LogP contribution is -2.31. The van der Waals surface area contributed by atoms with Gasteiger partial charge in [0.2, 0.25) is 0 Å². The zero-order chi connectivity index (χ0) is 16.4. The third-order valence-electron chi connectivity index (χ3n) is 3.25. The number of rotatable bonds is 10. The Morgan fingerprint density at radius 2 is 1.64 bits per heavy atom. The summed E-state index contributed by atoms with van der Waals surface area (Å²) in [5.74, 6) is 0.536. The van der Waals surface area contributed by atoms with Crippen molar-refractivity contribution < 1.29 is 19.0 Å². The Labute approximate surface area is 133 Å². The average molecular weight is 309 g/mol. The summed E-state index contributed by atoms with van der Waals surface area (Å²) in [6.07, 6.45) is -0.424. The zero-order valence-electron chi connectivity index (χ0n) is 14.0. The molecule has 5 nitrogen and oxygen atoms in total. The zero-order valence-corrected chi connectivity index (χ0v) is 14.0. The first-order chi connectivity index (χ1) is 10.7. The van der Waals surface area contributed by atoms with Crippen molar-refractivity contribution in [1.82, 2.24) is 4.90 Å². The summed E-state index contributed by atoms with van der Waals surface area (Å²) in [4.78, 5) is 14.3. The van der Waals surface area contributed by atoms with Crippen molar-refractivity contribution in [3.8, 4) is 5.75 Å². The summed E-state index contributed by atoms with van der Waals surface area (Å²) in [5.41, 5.74) is 0.568. The van der Waals surface area contributed by atoms with Crippen molar-refractivity contribution in [3.63, 3.8) is 0 Å². The lowest BCUT2D eigenvalue weighted by molar-refractivity contribution is -0.152. The van der Waals surface area contributed by atoms with E-state index in [2.05, 4.69) is 0 Å². The van der Waals surface area contributed by atoms with Crippen molar-refractivity contribution in [2.45, 2.75) is 34.0 Å². The number of carbonyl (C=O) groups is 1. The lowest BCUT2D eigenvalue weighted by atomic mass is 10.1. The fraction of sp³-hybridized carbons (Fsp3) is 0.588. The summed E-state index contributed by atoms with van der Waals surface area (Å²) in [5, 5.41) is 0. The van der Waals surface area contributed by atoms with E-state index >= 15 is 0 Å². The second kappa shape index (κ2) is 10.2. The fourth-order valence-electron chi connectivity index (χ4n) is 2.12. The van der Waals surface area contributed by atoms with Crippen LogP contribution in [0.25, 0.3) is 0 Å². The minimum absolute atomic E-state index is 0.0232. The lowest BCUT2D eigenvalue weighted by Gasteiger charge is -2.22. The highest BCUT2D eigenvalue weighted by atomic mass is 16.7. The van der Waals surface area contributed by atoms with Crippen LogP contribution in [0.5, 0.6) is 5.75 Å². The van der Waals surface area contributed by atoms with Gasteiger partial charge in [0.1, 0.15) is 12.4 Å². The molecule has 1 amide bonds. The Kier molecular flexibility index (Phi) is 8.55. The van der Waals surface area contributed by atoms with Gasteiger partial charge in [-0.1, -0.05) is 12.1 Å². The Hall–Kier alpha value is -1.59. The van der Waals surface area contributed by atoms with Gasteiger partial charge < -0.3 is 19.1 Å². The first-order valence-corrected chi connectivity index (χ1v) is 7.92. The molecule has 1 aromatic carbocycles. The molecule has 0 saturated carbocycles. The van der Waals surface area contributed by atoms with Crippen LogP contribution < -0.4 is 4.74 Å². The van der Waals surface area contributed by atoms with Crippen molar-refractivity contribution >= 4 is 5.91 Å². The van der Waals surface area contributed by atoms with E-state index in [1.54, 1.807) is 17.0 Å². The molecule has 0 fully saturated rings. The molecule has 124 valence electrons. The monoisotopic (exact) mass is 309 g/mol. The van der Waals surface area contributed by atoms with E-state index in [-0.39, 0.29) is 12.5 Å². The van der Waals surface area contributed by atoms with E-state index < -0.39 is 6.29 Å². The quantitative estimate of drug-likeness (QED) is 0.624. The standard InChI is InChI=1S/C17H27NO4/c1-5-18(6-2)17(19)14-11-9-10-12-15(14)22-13-16(20-7-3)21-8-4/h9-12,16H,5-8,13H2,1-4H3. The molecule has 1 aromatic rings. The summed E-state index contributed by atoms with van der Waals surface area (Å²) in [6.45, 7) is 10.4. The molecule has 0 saturated heterocycles. The molecule has 0 N–H and O–H groups in total. The molecule has 5 heteroatoms. The highest BCUT2D eigenvalue weighted by Crippen LogP contribution is 2.20. The number of hydrogen-bond donors (Lipinski definition) is 0. The molecule has 0 atom stereocenters. The summed E-state index contributed by atoms with van der Waals surface area (Å²) in [7, 11) is 0. The van der Waals surface area contributed by atoms with E-state index in [1.807, 2.05) is 39.8 Å². The van der Waals surface area contributed by atoms with Crippen LogP contribution in [0.1, 0.15) is 38.1 Å². The van der Waals surface area contributed by atoms with Gasteiger partial charge >= 0.3 is 0 Å². The van der Waals surface area contributed by atoms with Gasteiger partial charge in [0, 0.05) is 26.3 Å². The number of carbonyl (C=O) groups excluding carboxylic acids is 1. The van der Waals surface area contributed by atoms with Crippen molar-refractivity contribution in [2.75, 3.05) is 32.9 Å². The number of amides is 1. The van der Waals surface area contributed by atoms with E-state index in [0.29, 0.717) is 37.6 Å². The highest BCUT2D eigenvalue weighted by Gasteiger charge is 2.18. The van der Waals surface area contributed by atoms with Crippen LogP contribution in [0.15, 0.2) is 24.3 Å². The van der Waals surface area contributed by atoms with Gasteiger partial charge in [0.05, 0.1) is 5.56 Å². The number of para-hydroxylation sites is 1. The maximum absolute atomic E-state index is 12.5. The van der Waals surface area contributed by atoms with Gasteiger partial charge in [-0.05, 0) is 39.8 Å². The van der Waals surface area contributed by atoms with Crippen LogP contribution in [0.4, 0.5) is 0 Å². The predicted octanol–water partition coefficient (Wildman–Crippen LogP) is 2.95. The topological polar surface area (TPSA) is 48.0 Å². The molecule has 0 aliphatic heterocycles. The Bertz CT molecular complexity index is 440. The van der Waals surface area contributed by atoms with Crippen molar-refractivity contribution in [2.24, 2.45) is 0 Å². The maximum atomic E-state index is 12.5. The number of benzene rings is 1. The molecule has 0 unspecified atom stereocenters. The van der Waals surface area contributed by atoms with Gasteiger partial charge in [-0.3, -0.25) is 4.79 Å². The smallest absolute Gasteiger partial charge is 0.257 e.